The number of nitrogens with one attached hydrogen (secondary N) is 1. The van der Waals surface area contributed by atoms with Gasteiger partial charge in [0.15, 0.2) is 11.3 Å². The van der Waals surface area contributed by atoms with Gasteiger partial charge < -0.3 is 28.8 Å². The zero-order chi connectivity index (χ0) is 20.2. The summed E-state index contributed by atoms with van der Waals surface area (Å²) in [6.07, 6.45) is 4.16. The van der Waals surface area contributed by atoms with Gasteiger partial charge in [0.05, 0.1) is 25.5 Å². The van der Waals surface area contributed by atoms with Crippen LogP contribution in [0.4, 0.5) is 0 Å². The van der Waals surface area contributed by atoms with Crippen LogP contribution in [0.3, 0.4) is 0 Å². The van der Waals surface area contributed by atoms with Gasteiger partial charge in [-0.1, -0.05) is 0 Å². The molecule has 1 saturated carbocycles. The maximum absolute atomic E-state index is 13.2. The Morgan fingerprint density at radius 2 is 2.21 bits per heavy atom. The van der Waals surface area contributed by atoms with Crippen molar-refractivity contribution in [3.63, 3.8) is 0 Å². The van der Waals surface area contributed by atoms with Crippen molar-refractivity contribution in [2.24, 2.45) is 0 Å². The largest absolute Gasteiger partial charge is 0.490 e. The van der Waals surface area contributed by atoms with Gasteiger partial charge in [0.1, 0.15) is 6.10 Å². The van der Waals surface area contributed by atoms with E-state index in [1.165, 1.54) is 0 Å². The van der Waals surface area contributed by atoms with Gasteiger partial charge in [-0.25, -0.2) is 0 Å². The monoisotopic (exact) mass is 402 g/mol. The van der Waals surface area contributed by atoms with Crippen LogP contribution in [0, 0.1) is 0 Å². The van der Waals surface area contributed by atoms with Gasteiger partial charge >= 0.3 is 0 Å². The number of carbonyl (C=O) groups excluding carboxylic acids is 1. The van der Waals surface area contributed by atoms with Crippen LogP contribution in [0.15, 0.2) is 28.9 Å². The highest BCUT2D eigenvalue weighted by Crippen LogP contribution is 2.38. The Labute approximate surface area is 171 Å². The first kappa shape index (κ1) is 20.2. The van der Waals surface area contributed by atoms with E-state index in [1.807, 2.05) is 17.0 Å². The molecule has 0 unspecified atom stereocenters. The van der Waals surface area contributed by atoms with Gasteiger partial charge in [-0.05, 0) is 43.5 Å². The van der Waals surface area contributed by atoms with Crippen LogP contribution in [-0.4, -0.2) is 63.0 Å². The maximum atomic E-state index is 13.2. The second-order valence-corrected chi connectivity index (χ2v) is 7.77. The first-order valence-corrected chi connectivity index (χ1v) is 10.5. The van der Waals surface area contributed by atoms with Gasteiger partial charge in [-0.2, -0.15) is 0 Å². The number of morpholine rings is 1. The molecule has 0 bridgehead atoms. The number of furan rings is 1. The Bertz CT molecular complexity index is 826. The first-order valence-electron chi connectivity index (χ1n) is 10.5. The smallest absolute Gasteiger partial charge is 0.253 e. The average Bonchev–Trinajstić information content (AvgIpc) is 3.46. The molecule has 2 heterocycles. The summed E-state index contributed by atoms with van der Waals surface area (Å²) in [4.78, 5) is 15.2. The minimum Gasteiger partial charge on any atom is -0.490 e. The molecule has 29 heavy (non-hydrogen) atoms. The zero-order valence-electron chi connectivity index (χ0n) is 17.2. The summed E-state index contributed by atoms with van der Waals surface area (Å²) in [7, 11) is 1.68. The second-order valence-electron chi connectivity index (χ2n) is 7.77. The van der Waals surface area contributed by atoms with Crippen molar-refractivity contribution in [3.05, 3.63) is 30.0 Å². The van der Waals surface area contributed by atoms with E-state index >= 15 is 0 Å². The molecule has 1 aromatic heterocycles. The lowest BCUT2D eigenvalue weighted by molar-refractivity contribution is -0.148. The van der Waals surface area contributed by atoms with Crippen molar-refractivity contribution in [2.45, 2.75) is 44.4 Å². The molecule has 7 nitrogen and oxygen atoms in total. The van der Waals surface area contributed by atoms with E-state index in [2.05, 4.69) is 18.3 Å². The summed E-state index contributed by atoms with van der Waals surface area (Å²) < 4.78 is 22.5. The summed E-state index contributed by atoms with van der Waals surface area (Å²) in [5.74, 6) is 0.784. The van der Waals surface area contributed by atoms with E-state index in [0.29, 0.717) is 32.1 Å². The molecule has 2 atom stereocenters. The van der Waals surface area contributed by atoms with Crippen LogP contribution in [0.1, 0.15) is 37.8 Å². The molecule has 1 saturated heterocycles. The van der Waals surface area contributed by atoms with Gasteiger partial charge in [0.25, 0.3) is 5.91 Å². The number of rotatable bonds is 9. The molecule has 0 radical (unpaired) electrons. The molecular formula is C22H30N2O5. The number of carbonyl (C=O) groups is 1. The highest BCUT2D eigenvalue weighted by Gasteiger charge is 2.40. The number of hydrogen-bond acceptors (Lipinski definition) is 6. The Morgan fingerprint density at radius 3 is 2.93 bits per heavy atom. The number of fused-ring (bicyclic) bond motifs is 1. The van der Waals surface area contributed by atoms with Gasteiger partial charge in [-0.15, -0.1) is 0 Å². The van der Waals surface area contributed by atoms with Crippen molar-refractivity contribution in [3.8, 4) is 5.75 Å². The van der Waals surface area contributed by atoms with Crippen molar-refractivity contribution in [2.75, 3.05) is 40.0 Å². The lowest BCUT2D eigenvalue weighted by Crippen LogP contribution is -2.50. The van der Waals surface area contributed by atoms with Crippen molar-refractivity contribution in [1.29, 1.82) is 0 Å². The van der Waals surface area contributed by atoms with Crippen LogP contribution in [0.25, 0.3) is 11.0 Å². The number of methoxy groups -OCH3 is 1. The quantitative estimate of drug-likeness (QED) is 0.650. The summed E-state index contributed by atoms with van der Waals surface area (Å²) in [6, 6.07) is 6.25. The van der Waals surface area contributed by atoms with E-state index in [1.54, 1.807) is 13.4 Å². The molecule has 1 N–H and O–H groups in total. The van der Waals surface area contributed by atoms with E-state index in [4.69, 9.17) is 18.6 Å². The van der Waals surface area contributed by atoms with E-state index in [-0.39, 0.29) is 18.0 Å². The minimum absolute atomic E-state index is 0.0684. The predicted octanol–water partition coefficient (Wildman–Crippen LogP) is 2.89. The fraction of sp³-hybridized carbons (Fsp3) is 0.591. The lowest BCUT2D eigenvalue weighted by Gasteiger charge is -2.34. The summed E-state index contributed by atoms with van der Waals surface area (Å²) in [5.41, 5.74) is 1.78. The number of hydrogen-bond donors (Lipinski definition) is 1. The standard InChI is InChI=1S/C22H30N2O5/c1-15(24(18-4-5-18)22(25)20-14-23-7-11-28-20)17-12-16-6-10-29-21(16)19(13-17)27-9-3-8-26-2/h6,10,12-13,15,18,20,23H,3-5,7-9,11,14H2,1-2H3/t15-,20-/m1/s1. The summed E-state index contributed by atoms with van der Waals surface area (Å²) in [5, 5.41) is 4.24. The van der Waals surface area contributed by atoms with E-state index < -0.39 is 6.10 Å². The molecule has 1 aliphatic carbocycles. The highest BCUT2D eigenvalue weighted by molar-refractivity contribution is 5.85. The number of nitrogens with zero attached hydrogens (tertiary/aromatic N) is 1. The first-order chi connectivity index (χ1) is 14.2. The minimum atomic E-state index is -0.408. The Kier molecular flexibility index (Phi) is 6.37. The number of ether oxygens (including phenoxy) is 3. The molecule has 2 fully saturated rings. The zero-order valence-corrected chi connectivity index (χ0v) is 17.2. The molecule has 1 aliphatic heterocycles. The molecule has 0 spiro atoms. The van der Waals surface area contributed by atoms with Crippen molar-refractivity contribution in [1.82, 2.24) is 10.2 Å². The summed E-state index contributed by atoms with van der Waals surface area (Å²) >= 11 is 0. The fourth-order valence-electron chi connectivity index (χ4n) is 3.90. The van der Waals surface area contributed by atoms with Crippen LogP contribution in [-0.2, 0) is 14.3 Å². The maximum Gasteiger partial charge on any atom is 0.253 e. The van der Waals surface area contributed by atoms with Crippen LogP contribution < -0.4 is 10.1 Å². The van der Waals surface area contributed by atoms with Crippen molar-refractivity contribution >= 4 is 16.9 Å². The van der Waals surface area contributed by atoms with Crippen LogP contribution >= 0.6 is 0 Å². The molecule has 158 valence electrons. The van der Waals surface area contributed by atoms with E-state index in [0.717, 1.165) is 42.3 Å². The lowest BCUT2D eigenvalue weighted by atomic mass is 10.0. The molecule has 1 amide bonds. The van der Waals surface area contributed by atoms with Gasteiger partial charge in [0, 0.05) is 44.7 Å². The SMILES string of the molecule is COCCCOc1cc([C@@H](C)N(C(=O)[C@H]2CNCCO2)C2CC2)cc2ccoc12. The fourth-order valence-corrected chi connectivity index (χ4v) is 3.90. The molecule has 4 rings (SSSR count). The topological polar surface area (TPSA) is 73.2 Å². The Morgan fingerprint density at radius 1 is 1.34 bits per heavy atom. The Hall–Kier alpha value is -2.09. The third kappa shape index (κ3) is 4.57. The highest BCUT2D eigenvalue weighted by atomic mass is 16.5. The van der Waals surface area contributed by atoms with Gasteiger partial charge in [-0.3, -0.25) is 4.79 Å². The predicted molar refractivity (Wildman–Crippen MR) is 109 cm³/mol. The normalized spacial score (nSPS) is 20.6. The molecule has 7 heteroatoms. The molecule has 1 aromatic carbocycles. The molecule has 2 aliphatic rings. The van der Waals surface area contributed by atoms with Crippen LogP contribution in [0.2, 0.25) is 0 Å². The van der Waals surface area contributed by atoms with Crippen LogP contribution in [0.5, 0.6) is 5.75 Å². The van der Waals surface area contributed by atoms with Crippen molar-refractivity contribution < 1.29 is 23.4 Å². The summed E-state index contributed by atoms with van der Waals surface area (Å²) in [6.45, 7) is 5.23. The molecular weight excluding hydrogens is 372 g/mol. The number of benzene rings is 1. The second kappa shape index (κ2) is 9.15. The van der Waals surface area contributed by atoms with E-state index in [9.17, 15) is 4.79 Å². The third-order valence-corrected chi connectivity index (χ3v) is 5.59. The molecule has 2 aromatic rings. The number of amides is 1. The van der Waals surface area contributed by atoms with Gasteiger partial charge in [0.2, 0.25) is 0 Å². The Balaban J connectivity index is 1.57. The average molecular weight is 402 g/mol. The third-order valence-electron chi connectivity index (χ3n) is 5.59.